The monoisotopic (exact) mass is 410 g/mol. The molecule has 2 N–H and O–H groups in total. The van der Waals surface area contributed by atoms with Gasteiger partial charge in [0, 0.05) is 30.4 Å². The summed E-state index contributed by atoms with van der Waals surface area (Å²) < 4.78 is 2.20. The van der Waals surface area contributed by atoms with E-state index in [0.29, 0.717) is 13.1 Å². The van der Waals surface area contributed by atoms with Crippen LogP contribution in [0, 0.1) is 13.8 Å². The maximum absolute atomic E-state index is 4.72. The van der Waals surface area contributed by atoms with E-state index >= 15 is 0 Å². The minimum atomic E-state index is 0.545. The third-order valence-electron chi connectivity index (χ3n) is 4.71. The van der Waals surface area contributed by atoms with Gasteiger partial charge >= 0.3 is 0 Å². The summed E-state index contributed by atoms with van der Waals surface area (Å²) in [6.07, 6.45) is 6.04. The number of aliphatic imine (C=N–C) groups is 1. The molecule has 1 aromatic carbocycles. The largest absolute Gasteiger partial charge is 0.357 e. The summed E-state index contributed by atoms with van der Waals surface area (Å²) in [4.78, 5) is 15.1. The Morgan fingerprint density at radius 1 is 1.17 bits per heavy atom. The molecule has 0 fully saturated rings. The summed E-state index contributed by atoms with van der Waals surface area (Å²) in [5.74, 6) is 1.77. The highest BCUT2D eigenvalue weighted by Gasteiger charge is 2.06. The fourth-order valence-corrected chi connectivity index (χ4v) is 3.93. The Balaban J connectivity index is 1.54. The number of imidazole rings is 1. The average Bonchev–Trinajstić information content (AvgIpc) is 3.30. The molecule has 29 heavy (non-hydrogen) atoms. The molecular weight excluding hydrogens is 380 g/mol. The molecule has 0 aliphatic rings. The Morgan fingerprint density at radius 3 is 2.72 bits per heavy atom. The molecule has 154 valence electrons. The van der Waals surface area contributed by atoms with Crippen LogP contribution in [0.2, 0.25) is 0 Å². The first kappa shape index (κ1) is 21.0. The fraction of sp³-hybridized carbons (Fsp3) is 0.409. The Kier molecular flexibility index (Phi) is 7.81. The van der Waals surface area contributed by atoms with Crippen molar-refractivity contribution in [3.05, 3.63) is 69.7 Å². The molecule has 0 saturated heterocycles. The molecule has 0 amide bonds. The topological polar surface area (TPSA) is 67.1 Å². The van der Waals surface area contributed by atoms with E-state index in [2.05, 4.69) is 69.3 Å². The van der Waals surface area contributed by atoms with Gasteiger partial charge in [-0.2, -0.15) is 0 Å². The quantitative estimate of drug-likeness (QED) is 0.415. The number of rotatable bonds is 9. The lowest BCUT2D eigenvalue weighted by Crippen LogP contribution is -2.36. The number of nitrogens with zero attached hydrogens (tertiary/aromatic N) is 4. The highest BCUT2D eigenvalue weighted by molar-refractivity contribution is 7.11. The summed E-state index contributed by atoms with van der Waals surface area (Å²) in [5, 5.41) is 7.75. The van der Waals surface area contributed by atoms with Crippen molar-refractivity contribution in [2.75, 3.05) is 6.54 Å². The summed E-state index contributed by atoms with van der Waals surface area (Å²) in [6.45, 7) is 9.20. The molecule has 0 radical (unpaired) electrons. The first-order valence-corrected chi connectivity index (χ1v) is 11.0. The van der Waals surface area contributed by atoms with E-state index in [1.807, 2.05) is 19.3 Å². The van der Waals surface area contributed by atoms with Gasteiger partial charge in [-0.05, 0) is 39.2 Å². The molecule has 2 aromatic heterocycles. The van der Waals surface area contributed by atoms with E-state index in [0.717, 1.165) is 48.4 Å². The van der Waals surface area contributed by atoms with E-state index in [4.69, 9.17) is 4.99 Å². The van der Waals surface area contributed by atoms with Crippen molar-refractivity contribution >= 4 is 17.3 Å². The maximum atomic E-state index is 4.72. The van der Waals surface area contributed by atoms with Crippen LogP contribution in [0.15, 0.2) is 47.7 Å². The Morgan fingerprint density at radius 2 is 2.00 bits per heavy atom. The van der Waals surface area contributed by atoms with Gasteiger partial charge in [0.2, 0.25) is 0 Å². The van der Waals surface area contributed by atoms with Gasteiger partial charge in [0.25, 0.3) is 0 Å². The molecule has 2 heterocycles. The highest BCUT2D eigenvalue weighted by atomic mass is 32.1. The van der Waals surface area contributed by atoms with Crippen molar-refractivity contribution in [3.63, 3.8) is 0 Å². The van der Waals surface area contributed by atoms with Crippen molar-refractivity contribution in [3.8, 4) is 0 Å². The third kappa shape index (κ3) is 6.42. The minimum absolute atomic E-state index is 0.545. The van der Waals surface area contributed by atoms with E-state index in [9.17, 15) is 0 Å². The van der Waals surface area contributed by atoms with Crippen LogP contribution < -0.4 is 10.6 Å². The maximum Gasteiger partial charge on any atom is 0.192 e. The van der Waals surface area contributed by atoms with Crippen LogP contribution in [-0.2, 0) is 26.1 Å². The van der Waals surface area contributed by atoms with Gasteiger partial charge in [-0.15, -0.1) is 11.3 Å². The van der Waals surface area contributed by atoms with Gasteiger partial charge in [0.15, 0.2) is 5.96 Å². The van der Waals surface area contributed by atoms with E-state index in [-0.39, 0.29) is 0 Å². The summed E-state index contributed by atoms with van der Waals surface area (Å²) in [7, 11) is 0. The number of benzene rings is 1. The summed E-state index contributed by atoms with van der Waals surface area (Å²) in [5.41, 5.74) is 2.48. The molecule has 3 rings (SSSR count). The first-order valence-electron chi connectivity index (χ1n) is 10.1. The number of aromatic nitrogens is 3. The van der Waals surface area contributed by atoms with Gasteiger partial charge in [0.1, 0.15) is 17.4 Å². The van der Waals surface area contributed by atoms with Gasteiger partial charge in [-0.3, -0.25) is 0 Å². The molecule has 0 unspecified atom stereocenters. The first-order chi connectivity index (χ1) is 14.2. The van der Waals surface area contributed by atoms with Gasteiger partial charge in [-0.25, -0.2) is 15.0 Å². The number of hydrogen-bond donors (Lipinski definition) is 2. The molecule has 0 aliphatic carbocycles. The second kappa shape index (κ2) is 10.8. The van der Waals surface area contributed by atoms with Crippen molar-refractivity contribution < 1.29 is 0 Å². The van der Waals surface area contributed by atoms with E-state index in [1.165, 1.54) is 10.4 Å². The molecule has 0 atom stereocenters. The molecule has 7 heteroatoms. The number of guanidine groups is 1. The highest BCUT2D eigenvalue weighted by Crippen LogP contribution is 2.15. The van der Waals surface area contributed by atoms with Crippen molar-refractivity contribution in [2.45, 2.75) is 53.2 Å². The Labute approximate surface area is 177 Å². The molecule has 3 aromatic rings. The van der Waals surface area contributed by atoms with Crippen LogP contribution in [-0.4, -0.2) is 27.0 Å². The van der Waals surface area contributed by atoms with Crippen molar-refractivity contribution in [2.24, 2.45) is 4.99 Å². The van der Waals surface area contributed by atoms with Crippen LogP contribution in [0.25, 0.3) is 0 Å². The molecule has 0 bridgehead atoms. The number of hydrogen-bond acceptors (Lipinski definition) is 4. The predicted octanol–water partition coefficient (Wildman–Crippen LogP) is 3.84. The number of nitrogens with one attached hydrogen (secondary N) is 2. The molecule has 0 aliphatic heterocycles. The molecular formula is C22H30N6S. The standard InChI is InChI=1S/C22H30N6S/c1-4-23-22(26-16-21-27-17(2)18(3)29-21)25-15-20-24-12-14-28(20)13-8-11-19-9-6-5-7-10-19/h5-7,9-10,12,14H,4,8,11,13,15-16H2,1-3H3,(H2,23,25,26). The smallest absolute Gasteiger partial charge is 0.192 e. The van der Waals surface area contributed by atoms with Crippen molar-refractivity contribution in [1.82, 2.24) is 25.2 Å². The lowest BCUT2D eigenvalue weighted by molar-refractivity contribution is 0.610. The lowest BCUT2D eigenvalue weighted by Gasteiger charge is -2.11. The van der Waals surface area contributed by atoms with Gasteiger partial charge in [0.05, 0.1) is 12.2 Å². The van der Waals surface area contributed by atoms with E-state index < -0.39 is 0 Å². The van der Waals surface area contributed by atoms with E-state index in [1.54, 1.807) is 11.3 Å². The average molecular weight is 411 g/mol. The van der Waals surface area contributed by atoms with Crippen LogP contribution >= 0.6 is 11.3 Å². The van der Waals surface area contributed by atoms with Crippen LogP contribution in [0.3, 0.4) is 0 Å². The minimum Gasteiger partial charge on any atom is -0.357 e. The number of thiazole rings is 1. The molecule has 6 nitrogen and oxygen atoms in total. The Bertz CT molecular complexity index is 893. The van der Waals surface area contributed by atoms with Crippen LogP contribution in [0.5, 0.6) is 0 Å². The summed E-state index contributed by atoms with van der Waals surface area (Å²) >= 11 is 1.73. The second-order valence-electron chi connectivity index (χ2n) is 6.92. The predicted molar refractivity (Wildman–Crippen MR) is 120 cm³/mol. The van der Waals surface area contributed by atoms with Crippen LogP contribution in [0.1, 0.15) is 40.3 Å². The third-order valence-corrected chi connectivity index (χ3v) is 5.78. The Hall–Kier alpha value is -2.67. The zero-order valence-electron chi connectivity index (χ0n) is 17.5. The molecule has 0 spiro atoms. The van der Waals surface area contributed by atoms with Crippen molar-refractivity contribution in [1.29, 1.82) is 0 Å². The SMILES string of the molecule is CCNC(=NCc1nccn1CCCc1ccccc1)NCc1nc(C)c(C)s1. The van der Waals surface area contributed by atoms with Crippen LogP contribution in [0.4, 0.5) is 0 Å². The van der Waals surface area contributed by atoms with Gasteiger partial charge < -0.3 is 15.2 Å². The summed E-state index contributed by atoms with van der Waals surface area (Å²) in [6, 6.07) is 10.6. The zero-order valence-corrected chi connectivity index (χ0v) is 18.3. The number of aryl methyl sites for hydroxylation is 4. The zero-order chi connectivity index (χ0) is 20.5. The lowest BCUT2D eigenvalue weighted by atomic mass is 10.1. The second-order valence-corrected chi connectivity index (χ2v) is 8.21. The fourth-order valence-electron chi connectivity index (χ4n) is 3.06. The normalized spacial score (nSPS) is 11.6. The van der Waals surface area contributed by atoms with Gasteiger partial charge in [-0.1, -0.05) is 30.3 Å². The molecule has 0 saturated carbocycles.